The molecule has 1 aromatic rings. The minimum absolute atomic E-state index is 0.252. The van der Waals surface area contributed by atoms with Crippen LogP contribution >= 0.6 is 0 Å². The Morgan fingerprint density at radius 2 is 1.94 bits per heavy atom. The quantitative estimate of drug-likeness (QED) is 0.797. The highest BCUT2D eigenvalue weighted by molar-refractivity contribution is 5.62. The van der Waals surface area contributed by atoms with Gasteiger partial charge in [0.1, 0.15) is 5.75 Å². The van der Waals surface area contributed by atoms with Crippen molar-refractivity contribution in [3.8, 4) is 5.75 Å². The van der Waals surface area contributed by atoms with Crippen LogP contribution in [-0.4, -0.2) is 32.4 Å². The summed E-state index contributed by atoms with van der Waals surface area (Å²) in [6.45, 7) is 5.99. The van der Waals surface area contributed by atoms with E-state index in [4.69, 9.17) is 15.2 Å². The molecule has 0 aromatic heterocycles. The third-order valence-electron chi connectivity index (χ3n) is 3.00. The summed E-state index contributed by atoms with van der Waals surface area (Å²) in [6, 6.07) is 5.90. The summed E-state index contributed by atoms with van der Waals surface area (Å²) in [5.74, 6) is 0.731. The van der Waals surface area contributed by atoms with E-state index in [0.717, 1.165) is 24.5 Å². The summed E-state index contributed by atoms with van der Waals surface area (Å²) in [5, 5.41) is 0. The van der Waals surface area contributed by atoms with Crippen molar-refractivity contribution in [1.29, 1.82) is 0 Å². The molecule has 1 aliphatic rings. The molecule has 2 N–H and O–H groups in total. The van der Waals surface area contributed by atoms with Gasteiger partial charge in [0, 0.05) is 24.8 Å². The van der Waals surface area contributed by atoms with Crippen molar-refractivity contribution in [2.24, 2.45) is 0 Å². The number of nitrogens with two attached hydrogens (primary N) is 1. The topological polar surface area (TPSA) is 47.7 Å². The summed E-state index contributed by atoms with van der Waals surface area (Å²) >= 11 is 0. The van der Waals surface area contributed by atoms with Crippen molar-refractivity contribution in [2.75, 3.05) is 30.8 Å². The first-order valence-electron chi connectivity index (χ1n) is 5.94. The van der Waals surface area contributed by atoms with Crippen LogP contribution < -0.4 is 15.4 Å². The highest BCUT2D eigenvalue weighted by atomic mass is 16.5. The smallest absolute Gasteiger partial charge is 0.143 e. The van der Waals surface area contributed by atoms with Gasteiger partial charge in [-0.1, -0.05) is 0 Å². The van der Waals surface area contributed by atoms with Crippen molar-refractivity contribution in [1.82, 2.24) is 0 Å². The molecule has 0 radical (unpaired) electrons. The molecule has 1 saturated heterocycles. The van der Waals surface area contributed by atoms with Gasteiger partial charge in [0.25, 0.3) is 0 Å². The van der Waals surface area contributed by atoms with E-state index in [9.17, 15) is 0 Å². The highest BCUT2D eigenvalue weighted by Crippen LogP contribution is 2.29. The number of ether oxygens (including phenoxy) is 2. The van der Waals surface area contributed by atoms with E-state index < -0.39 is 0 Å². The monoisotopic (exact) mass is 236 g/mol. The molecule has 17 heavy (non-hydrogen) atoms. The van der Waals surface area contributed by atoms with Crippen molar-refractivity contribution < 1.29 is 9.47 Å². The minimum atomic E-state index is 0.252. The SMILES string of the molecule is COc1cc(N2C[C@@H](C)O[C@@H](C)C2)ccc1N. The average molecular weight is 236 g/mol. The summed E-state index contributed by atoms with van der Waals surface area (Å²) in [7, 11) is 1.64. The van der Waals surface area contributed by atoms with Crippen LogP contribution in [0, 0.1) is 0 Å². The summed E-state index contributed by atoms with van der Waals surface area (Å²) in [6.07, 6.45) is 0.504. The zero-order valence-electron chi connectivity index (χ0n) is 10.6. The molecule has 1 aliphatic heterocycles. The standard InChI is InChI=1S/C13H20N2O2/c1-9-7-15(8-10(2)17-9)11-4-5-12(14)13(6-11)16-3/h4-6,9-10H,7-8,14H2,1-3H3/t9-,10+. The molecule has 0 spiro atoms. The molecule has 2 atom stereocenters. The van der Waals surface area contributed by atoms with Gasteiger partial charge in [-0.25, -0.2) is 0 Å². The van der Waals surface area contributed by atoms with Gasteiger partial charge in [-0.05, 0) is 26.0 Å². The molecule has 0 unspecified atom stereocenters. The van der Waals surface area contributed by atoms with E-state index in [2.05, 4.69) is 18.7 Å². The highest BCUT2D eigenvalue weighted by Gasteiger charge is 2.22. The first-order valence-corrected chi connectivity index (χ1v) is 5.94. The van der Waals surface area contributed by atoms with Crippen LogP contribution in [0.1, 0.15) is 13.8 Å². The number of methoxy groups -OCH3 is 1. The number of benzene rings is 1. The minimum Gasteiger partial charge on any atom is -0.495 e. The van der Waals surface area contributed by atoms with Crippen molar-refractivity contribution in [3.05, 3.63) is 18.2 Å². The fourth-order valence-electron chi connectivity index (χ4n) is 2.29. The van der Waals surface area contributed by atoms with E-state index in [1.165, 1.54) is 0 Å². The maximum atomic E-state index is 5.82. The lowest BCUT2D eigenvalue weighted by Crippen LogP contribution is -2.45. The Hall–Kier alpha value is -1.42. The van der Waals surface area contributed by atoms with Gasteiger partial charge in [0.15, 0.2) is 0 Å². The first kappa shape index (κ1) is 12.0. The van der Waals surface area contributed by atoms with Crippen LogP contribution in [0.5, 0.6) is 5.75 Å². The normalized spacial score (nSPS) is 24.8. The summed E-state index contributed by atoms with van der Waals surface area (Å²) in [5.41, 5.74) is 7.62. The second kappa shape index (κ2) is 4.84. The lowest BCUT2D eigenvalue weighted by Gasteiger charge is -2.37. The molecular weight excluding hydrogens is 216 g/mol. The molecule has 4 nitrogen and oxygen atoms in total. The molecule has 1 aromatic carbocycles. The van der Waals surface area contributed by atoms with E-state index >= 15 is 0 Å². The van der Waals surface area contributed by atoms with Crippen LogP contribution in [0.4, 0.5) is 11.4 Å². The molecule has 0 aliphatic carbocycles. The van der Waals surface area contributed by atoms with Gasteiger partial charge in [-0.3, -0.25) is 0 Å². The van der Waals surface area contributed by atoms with Crippen molar-refractivity contribution in [3.63, 3.8) is 0 Å². The second-order valence-corrected chi connectivity index (χ2v) is 4.59. The number of nitrogen functional groups attached to an aromatic ring is 1. The van der Waals surface area contributed by atoms with Crippen LogP contribution in [0.3, 0.4) is 0 Å². The van der Waals surface area contributed by atoms with E-state index in [1.54, 1.807) is 7.11 Å². The van der Waals surface area contributed by atoms with Gasteiger partial charge < -0.3 is 20.1 Å². The predicted molar refractivity (Wildman–Crippen MR) is 69.6 cm³/mol. The third kappa shape index (κ3) is 2.64. The zero-order chi connectivity index (χ0) is 12.4. The largest absolute Gasteiger partial charge is 0.495 e. The number of hydrogen-bond acceptors (Lipinski definition) is 4. The van der Waals surface area contributed by atoms with E-state index in [0.29, 0.717) is 5.69 Å². The summed E-state index contributed by atoms with van der Waals surface area (Å²) < 4.78 is 11.0. The van der Waals surface area contributed by atoms with Gasteiger partial charge >= 0.3 is 0 Å². The fourth-order valence-corrected chi connectivity index (χ4v) is 2.29. The fraction of sp³-hybridized carbons (Fsp3) is 0.538. The molecular formula is C13H20N2O2. The van der Waals surface area contributed by atoms with E-state index in [1.807, 2.05) is 18.2 Å². The Bertz CT molecular complexity index is 385. The molecule has 94 valence electrons. The van der Waals surface area contributed by atoms with Crippen LogP contribution in [0.2, 0.25) is 0 Å². The van der Waals surface area contributed by atoms with Crippen LogP contribution in [0.25, 0.3) is 0 Å². The Labute approximate surface area is 102 Å². The maximum absolute atomic E-state index is 5.82. The number of anilines is 2. The Morgan fingerprint density at radius 1 is 1.29 bits per heavy atom. The Kier molecular flexibility index (Phi) is 3.43. The van der Waals surface area contributed by atoms with Crippen LogP contribution in [-0.2, 0) is 4.74 Å². The number of morpholine rings is 1. The zero-order valence-corrected chi connectivity index (χ0v) is 10.6. The molecule has 2 rings (SSSR count). The first-order chi connectivity index (χ1) is 8.10. The third-order valence-corrected chi connectivity index (χ3v) is 3.00. The Balaban J connectivity index is 2.21. The van der Waals surface area contributed by atoms with Crippen molar-refractivity contribution in [2.45, 2.75) is 26.1 Å². The van der Waals surface area contributed by atoms with Crippen LogP contribution in [0.15, 0.2) is 18.2 Å². The Morgan fingerprint density at radius 3 is 2.53 bits per heavy atom. The number of hydrogen-bond donors (Lipinski definition) is 1. The predicted octanol–water partition coefficient (Wildman–Crippen LogP) is 1.89. The molecule has 4 heteroatoms. The van der Waals surface area contributed by atoms with Gasteiger partial charge in [-0.15, -0.1) is 0 Å². The van der Waals surface area contributed by atoms with E-state index in [-0.39, 0.29) is 12.2 Å². The lowest BCUT2D eigenvalue weighted by molar-refractivity contribution is -0.00522. The molecule has 0 amide bonds. The summed E-state index contributed by atoms with van der Waals surface area (Å²) in [4.78, 5) is 2.31. The average Bonchev–Trinajstić information content (AvgIpc) is 2.28. The maximum Gasteiger partial charge on any atom is 0.143 e. The van der Waals surface area contributed by atoms with Gasteiger partial charge in [0.05, 0.1) is 25.0 Å². The van der Waals surface area contributed by atoms with Crippen molar-refractivity contribution >= 4 is 11.4 Å². The molecule has 1 heterocycles. The molecule has 0 saturated carbocycles. The number of nitrogens with zero attached hydrogens (tertiary/aromatic N) is 1. The van der Waals surface area contributed by atoms with Gasteiger partial charge in [-0.2, -0.15) is 0 Å². The number of rotatable bonds is 2. The molecule has 1 fully saturated rings. The molecule has 0 bridgehead atoms. The lowest BCUT2D eigenvalue weighted by atomic mass is 10.2. The second-order valence-electron chi connectivity index (χ2n) is 4.59. The van der Waals surface area contributed by atoms with Gasteiger partial charge in [0.2, 0.25) is 0 Å².